The standard InChI is InChI=1S/C30H53N3S2/c1-20(2)7-6-8-21(3)25-11-12-26-24-10-9-22-19-23(35-34-18-17-33-28(31)32)13-15-29(22,4)27(24)14-16-30(25,26)5/h9,20-21,23-27H,6-8,10-19H2,1-5H3,(H4,31,32,33)/t21?,23-,24?,25?,26?,27?,29?,30+/m0/s1. The molecule has 35 heavy (non-hydrogen) atoms. The number of hydrogen-bond donors (Lipinski definition) is 3. The van der Waals surface area contributed by atoms with Crippen molar-refractivity contribution in [3.05, 3.63) is 11.6 Å². The van der Waals surface area contributed by atoms with Gasteiger partial charge < -0.3 is 11.1 Å². The Morgan fingerprint density at radius 2 is 1.91 bits per heavy atom. The van der Waals surface area contributed by atoms with Gasteiger partial charge in [-0.25, -0.2) is 0 Å². The predicted octanol–water partition coefficient (Wildman–Crippen LogP) is 8.26. The molecule has 0 aromatic rings. The fourth-order valence-electron chi connectivity index (χ4n) is 9.11. The van der Waals surface area contributed by atoms with E-state index >= 15 is 0 Å². The summed E-state index contributed by atoms with van der Waals surface area (Å²) in [7, 11) is 4.04. The molecule has 4 rings (SSSR count). The second-order valence-corrected chi connectivity index (χ2v) is 16.2. The Labute approximate surface area is 224 Å². The van der Waals surface area contributed by atoms with Gasteiger partial charge in [0.1, 0.15) is 0 Å². The van der Waals surface area contributed by atoms with Crippen LogP contribution in [0.2, 0.25) is 0 Å². The topological polar surface area (TPSA) is 61.9 Å². The molecule has 5 heteroatoms. The van der Waals surface area contributed by atoms with Crippen LogP contribution in [0.25, 0.3) is 0 Å². The Hall–Kier alpha value is -0.290. The van der Waals surface area contributed by atoms with Gasteiger partial charge in [-0.2, -0.15) is 0 Å². The first-order valence-corrected chi connectivity index (χ1v) is 17.1. The highest BCUT2D eigenvalue weighted by Gasteiger charge is 2.59. The summed E-state index contributed by atoms with van der Waals surface area (Å²) in [6.45, 7) is 13.5. The minimum Gasteiger partial charge on any atom is -0.370 e. The molecule has 8 atom stereocenters. The number of fused-ring (bicyclic) bond motifs is 5. The molecule has 200 valence electrons. The van der Waals surface area contributed by atoms with Crippen molar-refractivity contribution in [2.45, 2.75) is 110 Å². The minimum absolute atomic E-state index is 0.0868. The highest BCUT2D eigenvalue weighted by Crippen LogP contribution is 2.67. The van der Waals surface area contributed by atoms with E-state index in [9.17, 15) is 0 Å². The molecule has 4 aliphatic rings. The number of nitrogens with one attached hydrogen (secondary N) is 2. The van der Waals surface area contributed by atoms with Crippen molar-refractivity contribution in [1.82, 2.24) is 5.32 Å². The summed E-state index contributed by atoms with van der Waals surface area (Å²) in [5.41, 5.74) is 8.27. The predicted molar refractivity (Wildman–Crippen MR) is 157 cm³/mol. The monoisotopic (exact) mass is 519 g/mol. The van der Waals surface area contributed by atoms with Crippen molar-refractivity contribution in [3.8, 4) is 0 Å². The average Bonchev–Trinajstić information content (AvgIpc) is 3.15. The molecule has 4 N–H and O–H groups in total. The van der Waals surface area contributed by atoms with E-state index < -0.39 is 0 Å². The number of allylic oxidation sites excluding steroid dienone is 2. The fraction of sp³-hybridized carbons (Fsp3) is 0.900. The molecular weight excluding hydrogens is 466 g/mol. The first kappa shape index (κ1) is 27.7. The zero-order valence-corrected chi connectivity index (χ0v) is 24.8. The van der Waals surface area contributed by atoms with E-state index in [0.29, 0.717) is 10.8 Å². The van der Waals surface area contributed by atoms with Crippen LogP contribution in [0, 0.1) is 51.7 Å². The maximum atomic E-state index is 7.29. The van der Waals surface area contributed by atoms with E-state index in [-0.39, 0.29) is 5.96 Å². The third-order valence-electron chi connectivity index (χ3n) is 11.0. The summed E-state index contributed by atoms with van der Waals surface area (Å²) in [4.78, 5) is 0. The van der Waals surface area contributed by atoms with Crippen molar-refractivity contribution in [3.63, 3.8) is 0 Å². The van der Waals surface area contributed by atoms with E-state index in [1.807, 2.05) is 16.4 Å². The van der Waals surface area contributed by atoms with Crippen LogP contribution in [-0.2, 0) is 0 Å². The molecule has 6 unspecified atom stereocenters. The number of rotatable bonds is 10. The molecule has 0 aromatic heterocycles. The quantitative estimate of drug-likeness (QED) is 0.0893. The first-order valence-electron chi connectivity index (χ1n) is 14.7. The molecule has 0 radical (unpaired) electrons. The van der Waals surface area contributed by atoms with E-state index in [4.69, 9.17) is 11.1 Å². The maximum Gasteiger partial charge on any atom is 0.185 e. The normalized spacial score (nSPS) is 39.4. The number of guanidine groups is 1. The molecule has 3 nitrogen and oxygen atoms in total. The lowest BCUT2D eigenvalue weighted by Gasteiger charge is -2.58. The van der Waals surface area contributed by atoms with Gasteiger partial charge in [-0.1, -0.05) is 87.1 Å². The van der Waals surface area contributed by atoms with Crippen molar-refractivity contribution in [2.75, 3.05) is 12.3 Å². The van der Waals surface area contributed by atoms with Gasteiger partial charge in [-0.05, 0) is 97.7 Å². The molecule has 0 amide bonds. The highest BCUT2D eigenvalue weighted by atomic mass is 33.1. The first-order chi connectivity index (χ1) is 16.6. The Morgan fingerprint density at radius 1 is 1.11 bits per heavy atom. The summed E-state index contributed by atoms with van der Waals surface area (Å²) in [6.07, 6.45) is 18.4. The van der Waals surface area contributed by atoms with E-state index in [0.717, 1.165) is 53.1 Å². The molecule has 0 aliphatic heterocycles. The zero-order chi connectivity index (χ0) is 25.2. The van der Waals surface area contributed by atoms with Gasteiger partial charge >= 0.3 is 0 Å². The lowest BCUT2D eigenvalue weighted by molar-refractivity contribution is -0.0497. The maximum absolute atomic E-state index is 7.29. The van der Waals surface area contributed by atoms with Crippen molar-refractivity contribution < 1.29 is 0 Å². The zero-order valence-electron chi connectivity index (χ0n) is 23.2. The number of hydrogen-bond acceptors (Lipinski definition) is 3. The summed E-state index contributed by atoms with van der Waals surface area (Å²) < 4.78 is 0. The van der Waals surface area contributed by atoms with Crippen molar-refractivity contribution in [2.24, 2.45) is 52.1 Å². The molecular formula is C30H53N3S2. The second kappa shape index (κ2) is 11.6. The fourth-order valence-corrected chi connectivity index (χ4v) is 11.7. The highest BCUT2D eigenvalue weighted by molar-refractivity contribution is 8.76. The Kier molecular flexibility index (Phi) is 9.21. The molecule has 3 fully saturated rings. The Bertz CT molecular complexity index is 767. The summed E-state index contributed by atoms with van der Waals surface area (Å²) >= 11 is 0. The summed E-state index contributed by atoms with van der Waals surface area (Å²) in [6, 6.07) is 0. The van der Waals surface area contributed by atoms with Crippen LogP contribution in [0.3, 0.4) is 0 Å². The number of nitrogens with two attached hydrogens (primary N) is 1. The molecule has 3 saturated carbocycles. The van der Waals surface area contributed by atoms with Gasteiger partial charge in [0.05, 0.1) is 0 Å². The van der Waals surface area contributed by atoms with E-state index in [2.05, 4.69) is 56.8 Å². The van der Waals surface area contributed by atoms with Crippen molar-refractivity contribution in [1.29, 1.82) is 5.41 Å². The van der Waals surface area contributed by atoms with Crippen LogP contribution in [0.15, 0.2) is 11.6 Å². The lowest BCUT2D eigenvalue weighted by Crippen LogP contribution is -2.50. The van der Waals surface area contributed by atoms with Gasteiger partial charge in [0.15, 0.2) is 5.96 Å². The van der Waals surface area contributed by atoms with Gasteiger partial charge in [0, 0.05) is 17.5 Å². The van der Waals surface area contributed by atoms with Crippen LogP contribution < -0.4 is 11.1 Å². The second-order valence-electron chi connectivity index (χ2n) is 13.4. The molecule has 0 spiro atoms. The third kappa shape index (κ3) is 5.91. The Morgan fingerprint density at radius 3 is 2.66 bits per heavy atom. The SMILES string of the molecule is CC(C)CCCC(C)C1CCC2C3CC=C4C[C@@H](SSCCNC(=N)N)CCC4(C)C3CC[C@]12C. The molecule has 0 aromatic carbocycles. The van der Waals surface area contributed by atoms with Gasteiger partial charge in [-0.15, -0.1) is 0 Å². The van der Waals surface area contributed by atoms with Gasteiger partial charge in [0.2, 0.25) is 0 Å². The van der Waals surface area contributed by atoms with E-state index in [1.165, 1.54) is 70.6 Å². The smallest absolute Gasteiger partial charge is 0.185 e. The lowest BCUT2D eigenvalue weighted by atomic mass is 9.47. The largest absolute Gasteiger partial charge is 0.370 e. The molecule has 4 aliphatic carbocycles. The van der Waals surface area contributed by atoms with Crippen LogP contribution in [0.4, 0.5) is 0 Å². The van der Waals surface area contributed by atoms with Crippen LogP contribution in [-0.4, -0.2) is 23.5 Å². The van der Waals surface area contributed by atoms with Crippen molar-refractivity contribution >= 4 is 27.5 Å². The summed E-state index contributed by atoms with van der Waals surface area (Å²) in [5.74, 6) is 6.64. The summed E-state index contributed by atoms with van der Waals surface area (Å²) in [5, 5.41) is 11.0. The third-order valence-corrected chi connectivity index (χ3v) is 13.9. The molecule has 0 heterocycles. The van der Waals surface area contributed by atoms with E-state index in [1.54, 1.807) is 0 Å². The molecule has 0 bridgehead atoms. The average molecular weight is 520 g/mol. The van der Waals surface area contributed by atoms with Gasteiger partial charge in [-0.3, -0.25) is 5.41 Å². The van der Waals surface area contributed by atoms with Crippen LogP contribution in [0.5, 0.6) is 0 Å². The molecule has 0 saturated heterocycles. The van der Waals surface area contributed by atoms with Gasteiger partial charge in [0.25, 0.3) is 0 Å². The Balaban J connectivity index is 1.36. The minimum atomic E-state index is 0.0868. The van der Waals surface area contributed by atoms with Crippen LogP contribution in [0.1, 0.15) is 105 Å². The van der Waals surface area contributed by atoms with Crippen LogP contribution >= 0.6 is 21.6 Å².